The number of hydrogen-bond donors (Lipinski definition) is 0. The van der Waals surface area contributed by atoms with Crippen LogP contribution in [0.5, 0.6) is 0 Å². The van der Waals surface area contributed by atoms with Crippen molar-refractivity contribution in [1.82, 2.24) is 4.98 Å². The van der Waals surface area contributed by atoms with Crippen LogP contribution in [-0.4, -0.2) is 15.1 Å². The predicted molar refractivity (Wildman–Crippen MR) is 51.0 cm³/mol. The number of carbonyl (C=O) groups excluding carboxylic acids is 1. The van der Waals surface area contributed by atoms with Crippen molar-refractivity contribution >= 4 is 34.3 Å². The summed E-state index contributed by atoms with van der Waals surface area (Å²) >= 11 is 10.3. The first kappa shape index (κ1) is 12.7. The number of aromatic nitrogens is 1. The predicted octanol–water partition coefficient (Wildman–Crippen LogP) is 2.96. The first-order chi connectivity index (χ1) is 7.34. The van der Waals surface area contributed by atoms with Crippen LogP contribution in [-0.2, 0) is 0 Å². The summed E-state index contributed by atoms with van der Waals surface area (Å²) in [6.07, 6.45) is -3.07. The number of pyridine rings is 1. The minimum absolute atomic E-state index is 0.620. The molecule has 0 aromatic carbocycles. The Hall–Kier alpha value is -1.34. The fourth-order valence-corrected chi connectivity index (χ4v) is 1.26. The highest BCUT2D eigenvalue weighted by Crippen LogP contribution is 2.33. The van der Waals surface area contributed by atoms with Crippen LogP contribution in [0.1, 0.15) is 22.5 Å². The molecule has 9 heteroatoms. The van der Waals surface area contributed by atoms with Gasteiger partial charge in [0.1, 0.15) is 5.02 Å². The second-order valence-electron chi connectivity index (χ2n) is 2.57. The molecule has 1 rings (SSSR count). The third-order valence-electron chi connectivity index (χ3n) is 1.58. The van der Waals surface area contributed by atoms with Crippen molar-refractivity contribution in [1.29, 1.82) is 0 Å². The molecule has 86 valence electrons. The normalized spacial score (nSPS) is 10.6. The molecule has 5 nitrogen and oxygen atoms in total. The molecule has 0 bridgehead atoms. The molecule has 1 aromatic heterocycles. The third kappa shape index (κ3) is 2.42. The highest BCUT2D eigenvalue weighted by atomic mass is 35.5. The number of carbonyl (C=O) groups is 1. The summed E-state index contributed by atoms with van der Waals surface area (Å²) in [5.41, 5.74) is -1.50. The molecule has 0 saturated heterocycles. The quantitative estimate of drug-likeness (QED) is 0.481. The van der Waals surface area contributed by atoms with Crippen molar-refractivity contribution in [2.45, 2.75) is 6.43 Å². The molecule has 0 amide bonds. The van der Waals surface area contributed by atoms with Gasteiger partial charge in [-0.2, -0.15) is 0 Å². The number of nitrogens with zero attached hydrogens (tertiary/aromatic N) is 2. The molecule has 0 N–H and O–H groups in total. The van der Waals surface area contributed by atoms with Gasteiger partial charge < -0.3 is 10.1 Å². The first-order valence-corrected chi connectivity index (χ1v) is 4.43. The minimum Gasteiger partial charge on any atom is -0.358 e. The first-order valence-electron chi connectivity index (χ1n) is 3.67. The van der Waals surface area contributed by atoms with Crippen molar-refractivity contribution in [2.24, 2.45) is 0 Å². The Labute approximate surface area is 97.1 Å². The van der Waals surface area contributed by atoms with Crippen LogP contribution in [0.25, 0.3) is 0 Å². The molecule has 0 unspecified atom stereocenters. The van der Waals surface area contributed by atoms with Crippen LogP contribution in [0.3, 0.4) is 0 Å². The zero-order valence-corrected chi connectivity index (χ0v) is 8.80. The lowest BCUT2D eigenvalue weighted by Crippen LogP contribution is -2.03. The maximum Gasteiger partial charge on any atom is 0.383 e. The maximum atomic E-state index is 12.4. The van der Waals surface area contributed by atoms with E-state index in [1.165, 1.54) is 0 Å². The molecule has 0 saturated carbocycles. The van der Waals surface area contributed by atoms with Crippen LogP contribution in [0.4, 0.5) is 14.6 Å². The topological polar surface area (TPSA) is 73.1 Å². The monoisotopic (exact) mass is 270 g/mol. The molecular formula is C7H2Cl2F2N2O3. The number of alkyl halides is 2. The van der Waals surface area contributed by atoms with Crippen LogP contribution in [0.2, 0.25) is 5.02 Å². The molecule has 0 atom stereocenters. The van der Waals surface area contributed by atoms with E-state index >= 15 is 0 Å². The summed E-state index contributed by atoms with van der Waals surface area (Å²) in [7, 11) is 0. The summed E-state index contributed by atoms with van der Waals surface area (Å²) in [5, 5.41) is 8.45. The van der Waals surface area contributed by atoms with Gasteiger partial charge in [-0.1, -0.05) is 11.6 Å². The van der Waals surface area contributed by atoms with Crippen molar-refractivity contribution < 1.29 is 18.5 Å². The maximum absolute atomic E-state index is 12.4. The highest BCUT2D eigenvalue weighted by molar-refractivity contribution is 6.67. The zero-order chi connectivity index (χ0) is 12.5. The van der Waals surface area contributed by atoms with Gasteiger partial charge in [-0.15, -0.1) is 0 Å². The van der Waals surface area contributed by atoms with E-state index in [0.29, 0.717) is 6.07 Å². The van der Waals surface area contributed by atoms with Gasteiger partial charge >= 0.3 is 5.82 Å². The van der Waals surface area contributed by atoms with Crippen molar-refractivity contribution in [2.75, 3.05) is 0 Å². The molecule has 1 aromatic rings. The molecule has 1 heterocycles. The lowest BCUT2D eigenvalue weighted by molar-refractivity contribution is -0.389. The van der Waals surface area contributed by atoms with Crippen LogP contribution >= 0.6 is 23.2 Å². The number of nitro groups is 1. The second kappa shape index (κ2) is 4.67. The standard InChI is InChI=1S/C7H2Cl2F2N2O3/c8-4-2(6(10)11)1-3(5(9)14)12-7(4)13(15)16/h1,6H. The molecule has 0 fully saturated rings. The zero-order valence-electron chi connectivity index (χ0n) is 7.29. The Bertz CT molecular complexity index is 467. The Kier molecular flexibility index (Phi) is 3.71. The van der Waals surface area contributed by atoms with Crippen LogP contribution in [0, 0.1) is 10.1 Å². The Morgan fingerprint density at radius 2 is 2.12 bits per heavy atom. The SMILES string of the molecule is O=C(Cl)c1cc(C(F)F)c(Cl)c([N+](=O)[O-])n1. The number of hydrogen-bond acceptors (Lipinski definition) is 4. The molecule has 0 spiro atoms. The summed E-state index contributed by atoms with van der Waals surface area (Å²) in [6.45, 7) is 0. The van der Waals surface area contributed by atoms with Crippen molar-refractivity contribution in [3.8, 4) is 0 Å². The summed E-state index contributed by atoms with van der Waals surface area (Å²) in [5.74, 6) is -1.02. The van der Waals surface area contributed by atoms with E-state index in [9.17, 15) is 23.7 Å². The largest absolute Gasteiger partial charge is 0.383 e. The van der Waals surface area contributed by atoms with E-state index < -0.39 is 38.7 Å². The summed E-state index contributed by atoms with van der Waals surface area (Å²) < 4.78 is 24.9. The molecule has 0 aliphatic heterocycles. The van der Waals surface area contributed by atoms with Gasteiger partial charge in [0.05, 0.1) is 0 Å². The molecular weight excluding hydrogens is 269 g/mol. The number of halogens is 4. The van der Waals surface area contributed by atoms with Crippen molar-refractivity contribution in [3.63, 3.8) is 0 Å². The third-order valence-corrected chi connectivity index (χ3v) is 2.16. The highest BCUT2D eigenvalue weighted by Gasteiger charge is 2.27. The fraction of sp³-hybridized carbons (Fsp3) is 0.143. The average molecular weight is 271 g/mol. The van der Waals surface area contributed by atoms with E-state index in [1.54, 1.807) is 0 Å². The fourth-order valence-electron chi connectivity index (χ4n) is 0.916. The second-order valence-corrected chi connectivity index (χ2v) is 3.29. The molecule has 0 aliphatic carbocycles. The van der Waals surface area contributed by atoms with Gasteiger partial charge in [0.25, 0.3) is 11.7 Å². The smallest absolute Gasteiger partial charge is 0.358 e. The van der Waals surface area contributed by atoms with Gasteiger partial charge in [-0.05, 0) is 21.5 Å². The van der Waals surface area contributed by atoms with E-state index in [1.807, 2.05) is 0 Å². The van der Waals surface area contributed by atoms with Crippen LogP contribution in [0.15, 0.2) is 6.07 Å². The van der Waals surface area contributed by atoms with E-state index in [0.717, 1.165) is 0 Å². The minimum atomic E-state index is -3.07. The van der Waals surface area contributed by atoms with Gasteiger partial charge in [-0.25, -0.2) is 8.78 Å². The summed E-state index contributed by atoms with van der Waals surface area (Å²) in [4.78, 5) is 23.2. The van der Waals surface area contributed by atoms with E-state index in [-0.39, 0.29) is 0 Å². The van der Waals surface area contributed by atoms with E-state index in [2.05, 4.69) is 4.98 Å². The number of rotatable bonds is 3. The van der Waals surface area contributed by atoms with Crippen molar-refractivity contribution in [3.05, 3.63) is 32.5 Å². The molecule has 16 heavy (non-hydrogen) atoms. The molecule has 0 aliphatic rings. The Morgan fingerprint density at radius 1 is 1.56 bits per heavy atom. The Morgan fingerprint density at radius 3 is 2.50 bits per heavy atom. The van der Waals surface area contributed by atoms with Gasteiger partial charge in [0.2, 0.25) is 5.69 Å². The van der Waals surface area contributed by atoms with Crippen LogP contribution < -0.4 is 0 Å². The lowest BCUT2D eigenvalue weighted by atomic mass is 10.2. The Balaban J connectivity index is 3.51. The van der Waals surface area contributed by atoms with Gasteiger partial charge in [0, 0.05) is 11.6 Å². The molecule has 0 radical (unpaired) electrons. The van der Waals surface area contributed by atoms with Gasteiger partial charge in [0.15, 0.2) is 0 Å². The average Bonchev–Trinajstić information content (AvgIpc) is 2.16. The van der Waals surface area contributed by atoms with E-state index in [4.69, 9.17) is 23.2 Å². The summed E-state index contributed by atoms with van der Waals surface area (Å²) in [6, 6.07) is 0.620. The van der Waals surface area contributed by atoms with Gasteiger partial charge in [-0.3, -0.25) is 4.79 Å². The lowest BCUT2D eigenvalue weighted by Gasteiger charge is -2.03.